The SMILES string of the molecule is CC(C)c1nn(C)c2sc(C(=O)N3CCNCC3)cc12.Cl. The van der Waals surface area contributed by atoms with Crippen LogP contribution in [0.15, 0.2) is 6.07 Å². The highest BCUT2D eigenvalue weighted by Crippen LogP contribution is 2.32. The van der Waals surface area contributed by atoms with E-state index in [-0.39, 0.29) is 18.3 Å². The number of piperazine rings is 1. The van der Waals surface area contributed by atoms with Gasteiger partial charge in [0.25, 0.3) is 5.91 Å². The van der Waals surface area contributed by atoms with Gasteiger partial charge < -0.3 is 10.2 Å². The lowest BCUT2D eigenvalue weighted by atomic mass is 10.1. The number of amides is 1. The summed E-state index contributed by atoms with van der Waals surface area (Å²) in [5, 5.41) is 8.96. The van der Waals surface area contributed by atoms with E-state index in [0.717, 1.165) is 47.0 Å². The predicted octanol–water partition coefficient (Wildman–Crippen LogP) is 2.23. The molecule has 7 heteroatoms. The van der Waals surface area contributed by atoms with Gasteiger partial charge in [-0.15, -0.1) is 23.7 Å². The van der Waals surface area contributed by atoms with Crippen LogP contribution in [0.2, 0.25) is 0 Å². The molecule has 1 saturated heterocycles. The molecule has 0 radical (unpaired) electrons. The van der Waals surface area contributed by atoms with Crippen molar-refractivity contribution < 1.29 is 4.79 Å². The van der Waals surface area contributed by atoms with Gasteiger partial charge in [0.05, 0.1) is 10.6 Å². The molecule has 0 spiro atoms. The van der Waals surface area contributed by atoms with E-state index in [2.05, 4.69) is 24.3 Å². The first-order chi connectivity index (χ1) is 9.58. The molecule has 1 amide bonds. The second-order valence-electron chi connectivity index (χ2n) is 5.54. The van der Waals surface area contributed by atoms with E-state index in [9.17, 15) is 4.79 Å². The topological polar surface area (TPSA) is 50.2 Å². The highest BCUT2D eigenvalue weighted by atomic mass is 35.5. The third-order valence-electron chi connectivity index (χ3n) is 3.70. The van der Waals surface area contributed by atoms with Gasteiger partial charge in [-0.25, -0.2) is 0 Å². The van der Waals surface area contributed by atoms with Gasteiger partial charge in [0.2, 0.25) is 0 Å². The van der Waals surface area contributed by atoms with Gasteiger partial charge in [0.1, 0.15) is 4.83 Å². The molecule has 1 fully saturated rings. The van der Waals surface area contributed by atoms with E-state index in [4.69, 9.17) is 0 Å². The lowest BCUT2D eigenvalue weighted by Gasteiger charge is -2.26. The molecular formula is C14H21ClN4OS. The van der Waals surface area contributed by atoms with Gasteiger partial charge in [0.15, 0.2) is 0 Å². The summed E-state index contributed by atoms with van der Waals surface area (Å²) >= 11 is 1.55. The molecule has 0 atom stereocenters. The Labute approximate surface area is 134 Å². The number of fused-ring (bicyclic) bond motifs is 1. The molecule has 0 bridgehead atoms. The van der Waals surface area contributed by atoms with Crippen LogP contribution in [0.3, 0.4) is 0 Å². The molecule has 0 aromatic carbocycles. The second kappa shape index (κ2) is 6.34. The van der Waals surface area contributed by atoms with E-state index in [0.29, 0.717) is 5.92 Å². The molecule has 1 N–H and O–H groups in total. The fourth-order valence-electron chi connectivity index (χ4n) is 2.62. The minimum atomic E-state index is 0. The Bertz CT molecular complexity index is 643. The Hall–Kier alpha value is -1.11. The van der Waals surface area contributed by atoms with Gasteiger partial charge in [-0.3, -0.25) is 9.48 Å². The van der Waals surface area contributed by atoms with Gasteiger partial charge in [-0.2, -0.15) is 5.10 Å². The Morgan fingerprint density at radius 3 is 2.67 bits per heavy atom. The van der Waals surface area contributed by atoms with Crippen molar-refractivity contribution in [3.63, 3.8) is 0 Å². The first-order valence-corrected chi connectivity index (χ1v) is 7.86. The highest BCUT2D eigenvalue weighted by Gasteiger charge is 2.22. The summed E-state index contributed by atoms with van der Waals surface area (Å²) in [4.78, 5) is 16.4. The average Bonchev–Trinajstić information content (AvgIpc) is 3.00. The number of hydrogen-bond donors (Lipinski definition) is 1. The molecular weight excluding hydrogens is 308 g/mol. The summed E-state index contributed by atoms with van der Waals surface area (Å²) in [6.07, 6.45) is 0. The number of carbonyl (C=O) groups is 1. The number of nitrogens with zero attached hydrogens (tertiary/aromatic N) is 3. The highest BCUT2D eigenvalue weighted by molar-refractivity contribution is 7.20. The van der Waals surface area contributed by atoms with E-state index in [1.165, 1.54) is 0 Å². The standard InChI is InChI=1S/C14H20N4OS.ClH/c1-9(2)12-10-8-11(20-14(10)17(3)16-12)13(19)18-6-4-15-5-7-18;/h8-9,15H,4-7H2,1-3H3;1H. The minimum Gasteiger partial charge on any atom is -0.335 e. The lowest BCUT2D eigenvalue weighted by molar-refractivity contribution is 0.0741. The number of rotatable bonds is 2. The zero-order valence-corrected chi connectivity index (χ0v) is 14.2. The van der Waals surface area contributed by atoms with Gasteiger partial charge in [0, 0.05) is 38.6 Å². The van der Waals surface area contributed by atoms with E-state index >= 15 is 0 Å². The molecule has 2 aromatic heterocycles. The maximum Gasteiger partial charge on any atom is 0.264 e. The average molecular weight is 329 g/mol. The number of thiophene rings is 1. The van der Waals surface area contributed by atoms with Crippen LogP contribution < -0.4 is 5.32 Å². The normalized spacial score (nSPS) is 15.5. The molecule has 21 heavy (non-hydrogen) atoms. The van der Waals surface area contributed by atoms with Crippen molar-refractivity contribution in [1.82, 2.24) is 20.0 Å². The van der Waals surface area contributed by atoms with Crippen LogP contribution in [0.25, 0.3) is 10.2 Å². The minimum absolute atomic E-state index is 0. The largest absolute Gasteiger partial charge is 0.335 e. The van der Waals surface area contributed by atoms with Crippen molar-refractivity contribution in [2.24, 2.45) is 7.05 Å². The number of halogens is 1. The number of hydrogen-bond acceptors (Lipinski definition) is 4. The predicted molar refractivity (Wildman–Crippen MR) is 88.7 cm³/mol. The first kappa shape index (κ1) is 16.3. The molecule has 2 aromatic rings. The number of aryl methyl sites for hydroxylation is 1. The third kappa shape index (κ3) is 2.93. The van der Waals surface area contributed by atoms with Crippen LogP contribution in [0.4, 0.5) is 0 Å². The third-order valence-corrected chi connectivity index (χ3v) is 4.89. The Morgan fingerprint density at radius 2 is 2.05 bits per heavy atom. The quantitative estimate of drug-likeness (QED) is 0.919. The van der Waals surface area contributed by atoms with Crippen molar-refractivity contribution in [3.05, 3.63) is 16.6 Å². The molecule has 116 valence electrons. The van der Waals surface area contributed by atoms with Crippen LogP contribution >= 0.6 is 23.7 Å². The van der Waals surface area contributed by atoms with Gasteiger partial charge in [-0.05, 0) is 12.0 Å². The van der Waals surface area contributed by atoms with Crippen molar-refractivity contribution >= 4 is 39.9 Å². The smallest absolute Gasteiger partial charge is 0.264 e. The molecule has 5 nitrogen and oxygen atoms in total. The number of nitrogens with one attached hydrogen (secondary N) is 1. The molecule has 0 saturated carbocycles. The van der Waals surface area contributed by atoms with Gasteiger partial charge >= 0.3 is 0 Å². The first-order valence-electron chi connectivity index (χ1n) is 7.04. The second-order valence-corrected chi connectivity index (χ2v) is 6.57. The molecule has 0 unspecified atom stereocenters. The van der Waals surface area contributed by atoms with E-state index in [1.54, 1.807) is 11.3 Å². The fraction of sp³-hybridized carbons (Fsp3) is 0.571. The summed E-state index contributed by atoms with van der Waals surface area (Å²) in [5.74, 6) is 0.526. The summed E-state index contributed by atoms with van der Waals surface area (Å²) in [6, 6.07) is 2.02. The maximum absolute atomic E-state index is 12.5. The lowest BCUT2D eigenvalue weighted by Crippen LogP contribution is -2.46. The molecule has 3 rings (SSSR count). The van der Waals surface area contributed by atoms with Crippen molar-refractivity contribution in [2.45, 2.75) is 19.8 Å². The van der Waals surface area contributed by atoms with E-state index < -0.39 is 0 Å². The van der Waals surface area contributed by atoms with Crippen LogP contribution in [-0.2, 0) is 7.05 Å². The number of aromatic nitrogens is 2. The van der Waals surface area contributed by atoms with Crippen molar-refractivity contribution in [1.29, 1.82) is 0 Å². The maximum atomic E-state index is 12.5. The Morgan fingerprint density at radius 1 is 1.38 bits per heavy atom. The molecule has 3 heterocycles. The molecule has 1 aliphatic rings. The summed E-state index contributed by atoms with van der Waals surface area (Å²) in [7, 11) is 1.95. The summed E-state index contributed by atoms with van der Waals surface area (Å²) in [5.41, 5.74) is 1.08. The monoisotopic (exact) mass is 328 g/mol. The molecule has 0 aliphatic carbocycles. The summed E-state index contributed by atoms with van der Waals surface area (Å²) < 4.78 is 1.89. The van der Waals surface area contributed by atoms with Crippen molar-refractivity contribution in [2.75, 3.05) is 26.2 Å². The zero-order chi connectivity index (χ0) is 14.3. The van der Waals surface area contributed by atoms with Crippen molar-refractivity contribution in [3.8, 4) is 0 Å². The Kier molecular flexibility index (Phi) is 4.91. The van der Waals surface area contributed by atoms with E-state index in [1.807, 2.05) is 22.7 Å². The number of carbonyl (C=O) groups excluding carboxylic acids is 1. The van der Waals surface area contributed by atoms with Crippen LogP contribution in [0.1, 0.15) is 35.1 Å². The van der Waals surface area contributed by atoms with Crippen LogP contribution in [-0.4, -0.2) is 46.8 Å². The fourth-order valence-corrected chi connectivity index (χ4v) is 3.67. The zero-order valence-electron chi connectivity index (χ0n) is 12.5. The summed E-state index contributed by atoms with van der Waals surface area (Å²) in [6.45, 7) is 7.63. The van der Waals surface area contributed by atoms with Crippen LogP contribution in [0, 0.1) is 0 Å². The van der Waals surface area contributed by atoms with Crippen LogP contribution in [0.5, 0.6) is 0 Å². The molecule has 1 aliphatic heterocycles. The Balaban J connectivity index is 0.00000161. The van der Waals surface area contributed by atoms with Gasteiger partial charge in [-0.1, -0.05) is 13.8 Å².